The van der Waals surface area contributed by atoms with E-state index in [1.807, 2.05) is 0 Å². The Kier molecular flexibility index (Phi) is 5.10. The van der Waals surface area contributed by atoms with Crippen molar-refractivity contribution in [2.24, 2.45) is 0 Å². The van der Waals surface area contributed by atoms with Gasteiger partial charge in [-0.2, -0.15) is 0 Å². The number of ether oxygens (including phenoxy) is 1. The first-order valence-electron chi connectivity index (χ1n) is 6.87. The number of thioether (sulfide) groups is 1. The van der Waals surface area contributed by atoms with Crippen LogP contribution in [0.2, 0.25) is 10.0 Å². The third-order valence-electron chi connectivity index (χ3n) is 3.56. The number of carbonyl (C=O) groups is 1. The van der Waals surface area contributed by atoms with Crippen molar-refractivity contribution < 1.29 is 9.53 Å². The molecule has 0 N–H and O–H groups in total. The molecule has 116 valence electrons. The van der Waals surface area contributed by atoms with Crippen LogP contribution in [0.3, 0.4) is 0 Å². The highest BCUT2D eigenvalue weighted by molar-refractivity contribution is 8.26. The number of nitrogens with zero attached hydrogens (tertiary/aromatic N) is 1. The lowest BCUT2D eigenvalue weighted by Crippen LogP contribution is -2.35. The van der Waals surface area contributed by atoms with Crippen LogP contribution in [0.25, 0.3) is 6.08 Å². The molecule has 0 aliphatic carbocycles. The Morgan fingerprint density at radius 3 is 2.77 bits per heavy atom. The minimum absolute atomic E-state index is 0.0748. The standard InChI is InChI=1S/C15H13Cl2NO2S2/c16-11-4-1-5-12(17)10(11)7-13-14(19)18(15(21)22-13)8-9-3-2-6-20-9/h1,4-5,7,9H,2-3,6,8H2/b13-7+/t9-/m0/s1. The Bertz CT molecular complexity index is 637. The topological polar surface area (TPSA) is 29.5 Å². The number of hydrogen-bond acceptors (Lipinski definition) is 4. The van der Waals surface area contributed by atoms with Gasteiger partial charge in [0.1, 0.15) is 4.32 Å². The van der Waals surface area contributed by atoms with Crippen molar-refractivity contribution in [2.75, 3.05) is 13.2 Å². The molecule has 0 radical (unpaired) electrons. The van der Waals surface area contributed by atoms with Crippen LogP contribution in [0, 0.1) is 0 Å². The van der Waals surface area contributed by atoms with Gasteiger partial charge in [-0.1, -0.05) is 53.2 Å². The number of rotatable bonds is 3. The fourth-order valence-electron chi connectivity index (χ4n) is 2.43. The molecule has 0 spiro atoms. The summed E-state index contributed by atoms with van der Waals surface area (Å²) in [4.78, 5) is 14.7. The van der Waals surface area contributed by atoms with Gasteiger partial charge in [0, 0.05) is 22.2 Å². The van der Waals surface area contributed by atoms with Gasteiger partial charge in [-0.15, -0.1) is 0 Å². The molecule has 0 aromatic heterocycles. The van der Waals surface area contributed by atoms with Crippen molar-refractivity contribution in [1.29, 1.82) is 0 Å². The molecule has 0 unspecified atom stereocenters. The SMILES string of the molecule is O=C1/C(=C\c2c(Cl)cccc2Cl)SC(=S)N1C[C@@H]1CCCO1. The maximum Gasteiger partial charge on any atom is 0.266 e. The van der Waals surface area contributed by atoms with Gasteiger partial charge in [-0.25, -0.2) is 0 Å². The zero-order chi connectivity index (χ0) is 15.7. The van der Waals surface area contributed by atoms with Crippen molar-refractivity contribution >= 4 is 63.5 Å². The van der Waals surface area contributed by atoms with Gasteiger partial charge < -0.3 is 4.74 Å². The van der Waals surface area contributed by atoms with Crippen LogP contribution in [-0.2, 0) is 9.53 Å². The lowest BCUT2D eigenvalue weighted by atomic mass is 10.2. The molecule has 1 aromatic rings. The summed E-state index contributed by atoms with van der Waals surface area (Å²) in [6.07, 6.45) is 3.78. The van der Waals surface area contributed by atoms with Crippen LogP contribution in [0.5, 0.6) is 0 Å². The minimum atomic E-state index is -0.110. The van der Waals surface area contributed by atoms with Gasteiger partial charge in [-0.05, 0) is 31.1 Å². The van der Waals surface area contributed by atoms with E-state index in [1.54, 1.807) is 29.2 Å². The Labute approximate surface area is 148 Å². The quantitative estimate of drug-likeness (QED) is 0.580. The van der Waals surface area contributed by atoms with Gasteiger partial charge in [0.25, 0.3) is 5.91 Å². The number of hydrogen-bond donors (Lipinski definition) is 0. The van der Waals surface area contributed by atoms with E-state index in [9.17, 15) is 4.79 Å². The first kappa shape index (κ1) is 16.3. The molecule has 22 heavy (non-hydrogen) atoms. The van der Waals surface area contributed by atoms with Crippen molar-refractivity contribution in [3.8, 4) is 0 Å². The predicted octanol–water partition coefficient (Wildman–Crippen LogP) is 4.37. The van der Waals surface area contributed by atoms with Crippen LogP contribution in [-0.4, -0.2) is 34.4 Å². The zero-order valence-electron chi connectivity index (χ0n) is 11.6. The number of benzene rings is 1. The fourth-order valence-corrected chi connectivity index (χ4v) is 4.19. The van der Waals surface area contributed by atoms with E-state index < -0.39 is 0 Å². The Morgan fingerprint density at radius 1 is 1.41 bits per heavy atom. The van der Waals surface area contributed by atoms with Crippen LogP contribution in [0.4, 0.5) is 0 Å². The molecule has 3 nitrogen and oxygen atoms in total. The van der Waals surface area contributed by atoms with E-state index >= 15 is 0 Å². The first-order chi connectivity index (χ1) is 10.6. The molecule has 2 heterocycles. The Morgan fingerprint density at radius 2 is 2.14 bits per heavy atom. The molecule has 1 amide bonds. The van der Waals surface area contributed by atoms with Crippen molar-refractivity contribution in [3.05, 3.63) is 38.7 Å². The molecule has 2 fully saturated rings. The van der Waals surface area contributed by atoms with E-state index in [1.165, 1.54) is 11.8 Å². The third kappa shape index (κ3) is 3.34. The Balaban J connectivity index is 1.82. The fraction of sp³-hybridized carbons (Fsp3) is 0.333. The zero-order valence-corrected chi connectivity index (χ0v) is 14.7. The number of carbonyl (C=O) groups excluding carboxylic acids is 1. The first-order valence-corrected chi connectivity index (χ1v) is 8.85. The maximum absolute atomic E-state index is 12.5. The maximum atomic E-state index is 12.5. The third-order valence-corrected chi connectivity index (χ3v) is 5.60. The molecule has 2 aliphatic rings. The number of thiocarbonyl (C=S) groups is 1. The number of amides is 1. The molecule has 7 heteroatoms. The Hall–Kier alpha value is -0.590. The summed E-state index contributed by atoms with van der Waals surface area (Å²) in [5.41, 5.74) is 0.642. The highest BCUT2D eigenvalue weighted by atomic mass is 35.5. The van der Waals surface area contributed by atoms with E-state index in [0.29, 0.717) is 31.4 Å². The monoisotopic (exact) mass is 373 g/mol. The van der Waals surface area contributed by atoms with Crippen molar-refractivity contribution in [3.63, 3.8) is 0 Å². The molecule has 0 bridgehead atoms. The summed E-state index contributed by atoms with van der Waals surface area (Å²) in [5.74, 6) is -0.110. The summed E-state index contributed by atoms with van der Waals surface area (Å²) < 4.78 is 6.13. The largest absolute Gasteiger partial charge is 0.376 e. The van der Waals surface area contributed by atoms with Crippen LogP contribution < -0.4 is 0 Å². The molecule has 0 saturated carbocycles. The van der Waals surface area contributed by atoms with Crippen molar-refractivity contribution in [2.45, 2.75) is 18.9 Å². The van der Waals surface area contributed by atoms with Gasteiger partial charge in [0.15, 0.2) is 0 Å². The summed E-state index contributed by atoms with van der Waals surface area (Å²) in [7, 11) is 0. The smallest absolute Gasteiger partial charge is 0.266 e. The normalized spacial score (nSPS) is 23.8. The van der Waals surface area contributed by atoms with E-state index in [0.717, 1.165) is 19.4 Å². The van der Waals surface area contributed by atoms with Crippen LogP contribution >= 0.6 is 47.2 Å². The second kappa shape index (κ2) is 6.89. The second-order valence-electron chi connectivity index (χ2n) is 5.06. The lowest BCUT2D eigenvalue weighted by molar-refractivity contribution is -0.123. The predicted molar refractivity (Wildman–Crippen MR) is 95.3 cm³/mol. The van der Waals surface area contributed by atoms with Gasteiger partial charge in [0.05, 0.1) is 17.6 Å². The molecule has 1 atom stereocenters. The highest BCUT2D eigenvalue weighted by Gasteiger charge is 2.34. The molecule has 1 aromatic carbocycles. The van der Waals surface area contributed by atoms with Gasteiger partial charge in [0.2, 0.25) is 0 Å². The summed E-state index contributed by atoms with van der Waals surface area (Å²) in [6, 6.07) is 5.25. The summed E-state index contributed by atoms with van der Waals surface area (Å²) in [6.45, 7) is 1.27. The van der Waals surface area contributed by atoms with Crippen LogP contribution in [0.1, 0.15) is 18.4 Å². The minimum Gasteiger partial charge on any atom is -0.376 e. The molecule has 2 saturated heterocycles. The number of halogens is 2. The van der Waals surface area contributed by atoms with E-state index in [4.69, 9.17) is 40.2 Å². The summed E-state index contributed by atoms with van der Waals surface area (Å²) >= 11 is 18.9. The van der Waals surface area contributed by atoms with E-state index in [2.05, 4.69) is 0 Å². The van der Waals surface area contributed by atoms with Gasteiger partial charge >= 0.3 is 0 Å². The van der Waals surface area contributed by atoms with E-state index in [-0.39, 0.29) is 12.0 Å². The summed E-state index contributed by atoms with van der Waals surface area (Å²) in [5, 5.41) is 1.02. The highest BCUT2D eigenvalue weighted by Crippen LogP contribution is 2.36. The lowest BCUT2D eigenvalue weighted by Gasteiger charge is -2.18. The second-order valence-corrected chi connectivity index (χ2v) is 7.55. The molecule has 3 rings (SSSR count). The molecular formula is C15H13Cl2NO2S2. The average molecular weight is 374 g/mol. The van der Waals surface area contributed by atoms with Crippen molar-refractivity contribution in [1.82, 2.24) is 4.90 Å². The average Bonchev–Trinajstić information content (AvgIpc) is 3.07. The van der Waals surface area contributed by atoms with Gasteiger partial charge in [-0.3, -0.25) is 9.69 Å². The van der Waals surface area contributed by atoms with Crippen LogP contribution in [0.15, 0.2) is 23.1 Å². The molecule has 2 aliphatic heterocycles. The molecular weight excluding hydrogens is 361 g/mol.